The fourth-order valence-electron chi connectivity index (χ4n) is 2.30. The van der Waals surface area contributed by atoms with Gasteiger partial charge in [-0.05, 0) is 31.5 Å². The van der Waals surface area contributed by atoms with Crippen LogP contribution in [-0.4, -0.2) is 29.0 Å². The van der Waals surface area contributed by atoms with Gasteiger partial charge in [0.25, 0.3) is 5.91 Å². The Kier molecular flexibility index (Phi) is 6.42. The van der Waals surface area contributed by atoms with Gasteiger partial charge in [0.15, 0.2) is 5.69 Å². The predicted molar refractivity (Wildman–Crippen MR) is 93.2 cm³/mol. The first-order chi connectivity index (χ1) is 12.3. The molecule has 0 fully saturated rings. The van der Waals surface area contributed by atoms with Gasteiger partial charge in [-0.25, -0.2) is 9.97 Å². The van der Waals surface area contributed by atoms with E-state index in [0.717, 1.165) is 12.1 Å². The molecular formula is C17H18ClF3N4O. The lowest BCUT2D eigenvalue weighted by atomic mass is 10.1. The van der Waals surface area contributed by atoms with Crippen LogP contribution in [0.2, 0.25) is 5.02 Å². The van der Waals surface area contributed by atoms with Gasteiger partial charge in [-0.15, -0.1) is 0 Å². The first-order valence-corrected chi connectivity index (χ1v) is 8.35. The van der Waals surface area contributed by atoms with E-state index in [4.69, 9.17) is 11.6 Å². The second-order valence-electron chi connectivity index (χ2n) is 5.42. The fraction of sp³-hybridized carbons (Fsp3) is 0.353. The van der Waals surface area contributed by atoms with Gasteiger partial charge in [0, 0.05) is 19.6 Å². The van der Waals surface area contributed by atoms with Gasteiger partial charge in [-0.1, -0.05) is 23.7 Å². The molecule has 0 saturated carbocycles. The molecule has 9 heteroatoms. The zero-order chi connectivity index (χ0) is 19.3. The Morgan fingerprint density at radius 2 is 1.96 bits per heavy atom. The molecule has 0 spiro atoms. The normalized spacial score (nSPS) is 11.3. The van der Waals surface area contributed by atoms with E-state index in [1.165, 1.54) is 18.3 Å². The highest BCUT2D eigenvalue weighted by molar-refractivity contribution is 6.33. The summed E-state index contributed by atoms with van der Waals surface area (Å²) in [5.74, 6) is -0.216. The Labute approximate surface area is 154 Å². The van der Waals surface area contributed by atoms with Crippen molar-refractivity contribution in [2.24, 2.45) is 0 Å². The van der Waals surface area contributed by atoms with Gasteiger partial charge in [-0.2, -0.15) is 13.2 Å². The minimum absolute atomic E-state index is 0.0180. The summed E-state index contributed by atoms with van der Waals surface area (Å²) in [6.45, 7) is 5.08. The summed E-state index contributed by atoms with van der Waals surface area (Å²) in [5, 5.41) is 2.61. The third-order valence-corrected chi connectivity index (χ3v) is 3.98. The number of hydrogen-bond acceptors (Lipinski definition) is 4. The molecule has 2 rings (SSSR count). The van der Waals surface area contributed by atoms with E-state index in [-0.39, 0.29) is 17.3 Å². The Morgan fingerprint density at radius 3 is 2.58 bits per heavy atom. The van der Waals surface area contributed by atoms with Gasteiger partial charge in [-0.3, -0.25) is 4.79 Å². The zero-order valence-electron chi connectivity index (χ0n) is 14.3. The van der Waals surface area contributed by atoms with Crippen LogP contribution in [0.1, 0.15) is 35.5 Å². The van der Waals surface area contributed by atoms with Gasteiger partial charge in [0.1, 0.15) is 0 Å². The molecule has 1 heterocycles. The lowest BCUT2D eigenvalue weighted by Crippen LogP contribution is -2.28. The van der Waals surface area contributed by atoms with Crippen LogP contribution in [-0.2, 0) is 12.7 Å². The number of carbonyl (C=O) groups excluding carboxylic acids is 1. The molecule has 2 aromatic rings. The van der Waals surface area contributed by atoms with E-state index >= 15 is 0 Å². The number of alkyl halides is 3. The smallest absolute Gasteiger partial charge is 0.347 e. The van der Waals surface area contributed by atoms with Crippen molar-refractivity contribution in [3.05, 3.63) is 52.3 Å². The van der Waals surface area contributed by atoms with E-state index in [9.17, 15) is 18.0 Å². The van der Waals surface area contributed by atoms with Crippen molar-refractivity contribution in [1.29, 1.82) is 0 Å². The summed E-state index contributed by atoms with van der Waals surface area (Å²) < 4.78 is 38.2. The largest absolute Gasteiger partial charge is 0.416 e. The van der Waals surface area contributed by atoms with Crippen molar-refractivity contribution in [1.82, 2.24) is 15.3 Å². The number of aromatic nitrogens is 2. The lowest BCUT2D eigenvalue weighted by molar-refractivity contribution is -0.137. The van der Waals surface area contributed by atoms with E-state index in [1.807, 2.05) is 18.7 Å². The molecule has 0 bridgehead atoms. The molecule has 1 N–H and O–H groups in total. The van der Waals surface area contributed by atoms with Crippen LogP contribution < -0.4 is 10.2 Å². The Balaban J connectivity index is 2.14. The third-order valence-electron chi connectivity index (χ3n) is 3.70. The van der Waals surface area contributed by atoms with Gasteiger partial charge in [0.05, 0.1) is 16.8 Å². The predicted octanol–water partition coefficient (Wildman–Crippen LogP) is 3.93. The van der Waals surface area contributed by atoms with Gasteiger partial charge in [0.2, 0.25) is 5.95 Å². The maximum absolute atomic E-state index is 12.7. The van der Waals surface area contributed by atoms with Crippen LogP contribution >= 0.6 is 11.6 Å². The number of halogens is 4. The number of amides is 1. The van der Waals surface area contributed by atoms with E-state index < -0.39 is 17.6 Å². The quantitative estimate of drug-likeness (QED) is 0.817. The van der Waals surface area contributed by atoms with Crippen LogP contribution in [0.4, 0.5) is 19.1 Å². The lowest BCUT2D eigenvalue weighted by Gasteiger charge is -2.19. The highest BCUT2D eigenvalue weighted by atomic mass is 35.5. The van der Waals surface area contributed by atoms with Crippen molar-refractivity contribution >= 4 is 23.5 Å². The van der Waals surface area contributed by atoms with Crippen molar-refractivity contribution < 1.29 is 18.0 Å². The van der Waals surface area contributed by atoms with Crippen LogP contribution in [0.25, 0.3) is 0 Å². The highest BCUT2D eigenvalue weighted by Gasteiger charge is 2.30. The van der Waals surface area contributed by atoms with Crippen LogP contribution in [0, 0.1) is 0 Å². The average molecular weight is 387 g/mol. The Morgan fingerprint density at radius 1 is 1.27 bits per heavy atom. The standard InChI is InChI=1S/C17H18ClF3N4O/c1-3-25(4-2)16-23-10-13(18)14(24-16)15(26)22-9-11-6-5-7-12(8-11)17(19,20)21/h5-8,10H,3-4,9H2,1-2H3,(H,22,26). The highest BCUT2D eigenvalue weighted by Crippen LogP contribution is 2.29. The molecule has 5 nitrogen and oxygen atoms in total. The summed E-state index contributed by atoms with van der Waals surface area (Å²) in [5.41, 5.74) is -0.467. The van der Waals surface area contributed by atoms with Gasteiger partial charge >= 0.3 is 6.18 Å². The Bertz CT molecular complexity index is 779. The van der Waals surface area contributed by atoms with Crippen molar-refractivity contribution in [3.63, 3.8) is 0 Å². The van der Waals surface area contributed by atoms with E-state index in [0.29, 0.717) is 24.6 Å². The molecule has 0 aliphatic rings. The maximum atomic E-state index is 12.7. The molecular weight excluding hydrogens is 369 g/mol. The van der Waals surface area contributed by atoms with Crippen LogP contribution in [0.15, 0.2) is 30.5 Å². The number of nitrogens with one attached hydrogen (secondary N) is 1. The first-order valence-electron chi connectivity index (χ1n) is 7.98. The number of hydrogen-bond donors (Lipinski definition) is 1. The Hall–Kier alpha value is -2.35. The molecule has 1 amide bonds. The fourth-order valence-corrected chi connectivity index (χ4v) is 2.48. The monoisotopic (exact) mass is 386 g/mol. The SMILES string of the molecule is CCN(CC)c1ncc(Cl)c(C(=O)NCc2cccc(C(F)(F)F)c2)n1. The topological polar surface area (TPSA) is 58.1 Å². The van der Waals surface area contributed by atoms with Crippen molar-refractivity contribution in [2.45, 2.75) is 26.6 Å². The number of anilines is 1. The third kappa shape index (κ3) is 4.85. The molecule has 0 atom stereocenters. The second-order valence-corrected chi connectivity index (χ2v) is 5.83. The number of rotatable bonds is 6. The molecule has 26 heavy (non-hydrogen) atoms. The molecule has 0 unspecified atom stereocenters. The molecule has 140 valence electrons. The van der Waals surface area contributed by atoms with Gasteiger partial charge < -0.3 is 10.2 Å². The maximum Gasteiger partial charge on any atom is 0.416 e. The van der Waals surface area contributed by atoms with Crippen molar-refractivity contribution in [3.8, 4) is 0 Å². The summed E-state index contributed by atoms with van der Waals surface area (Å²) >= 11 is 6.00. The molecule has 1 aromatic carbocycles. The summed E-state index contributed by atoms with van der Waals surface area (Å²) in [7, 11) is 0. The second kappa shape index (κ2) is 8.35. The van der Waals surface area contributed by atoms with E-state index in [1.54, 1.807) is 0 Å². The first kappa shape index (κ1) is 20.0. The molecule has 0 saturated heterocycles. The molecule has 0 aliphatic carbocycles. The van der Waals surface area contributed by atoms with Crippen LogP contribution in [0.5, 0.6) is 0 Å². The molecule has 0 aliphatic heterocycles. The number of nitrogens with zero attached hydrogens (tertiary/aromatic N) is 3. The summed E-state index contributed by atoms with van der Waals surface area (Å²) in [6, 6.07) is 4.76. The van der Waals surface area contributed by atoms with E-state index in [2.05, 4.69) is 15.3 Å². The minimum Gasteiger partial charge on any atom is -0.347 e. The summed E-state index contributed by atoms with van der Waals surface area (Å²) in [4.78, 5) is 22.5. The van der Waals surface area contributed by atoms with Crippen LogP contribution in [0.3, 0.4) is 0 Å². The molecule has 0 radical (unpaired) electrons. The number of benzene rings is 1. The number of carbonyl (C=O) groups is 1. The summed E-state index contributed by atoms with van der Waals surface area (Å²) in [6.07, 6.45) is -3.10. The average Bonchev–Trinajstić information content (AvgIpc) is 2.61. The zero-order valence-corrected chi connectivity index (χ0v) is 15.0. The molecule has 1 aromatic heterocycles. The van der Waals surface area contributed by atoms with Crippen molar-refractivity contribution in [2.75, 3.05) is 18.0 Å². The minimum atomic E-state index is -4.44.